The van der Waals surface area contributed by atoms with E-state index in [0.29, 0.717) is 25.9 Å². The van der Waals surface area contributed by atoms with Crippen LogP contribution in [0.2, 0.25) is 0 Å². The van der Waals surface area contributed by atoms with Crippen LogP contribution in [-0.2, 0) is 27.8 Å². The average molecular weight is 502 g/mol. The summed E-state index contributed by atoms with van der Waals surface area (Å²) < 4.78 is 6.59. The minimum Gasteiger partial charge on any atom is -0.504 e. The molecule has 37 heavy (non-hydrogen) atoms. The number of phenols is 2. The van der Waals surface area contributed by atoms with Crippen LogP contribution < -0.4 is 5.32 Å². The number of piperidine rings is 1. The Labute approximate surface area is 216 Å². The first kappa shape index (κ1) is 23.1. The van der Waals surface area contributed by atoms with Gasteiger partial charge in [-0.05, 0) is 74.2 Å². The fourth-order valence-corrected chi connectivity index (χ4v) is 7.43. The van der Waals surface area contributed by atoms with Gasteiger partial charge in [-0.25, -0.2) is 0 Å². The molecule has 1 aromatic heterocycles. The molecule has 2 saturated heterocycles. The van der Waals surface area contributed by atoms with Gasteiger partial charge in [0, 0.05) is 47.1 Å². The SMILES string of the molecule is O=C(CCc1c[nH]c2ccccc12)NC1COC2C3Cc4ccc(O)c(O)c4[C@@]2(CCN3CC2CC2)C1. The largest absolute Gasteiger partial charge is 0.504 e. The smallest absolute Gasteiger partial charge is 0.220 e. The summed E-state index contributed by atoms with van der Waals surface area (Å²) in [5.74, 6) is 0.740. The van der Waals surface area contributed by atoms with Gasteiger partial charge < -0.3 is 25.3 Å². The molecule has 4 aliphatic rings. The predicted molar refractivity (Wildman–Crippen MR) is 141 cm³/mol. The number of aromatic nitrogens is 1. The Hall–Kier alpha value is -3.03. The fraction of sp³-hybridized carbons (Fsp3) is 0.500. The van der Waals surface area contributed by atoms with Gasteiger partial charge in [-0.2, -0.15) is 0 Å². The highest BCUT2D eigenvalue weighted by atomic mass is 16.5. The number of hydrogen-bond donors (Lipinski definition) is 4. The number of para-hydroxylation sites is 1. The van der Waals surface area contributed by atoms with Crippen molar-refractivity contribution in [1.82, 2.24) is 15.2 Å². The second-order valence-electron chi connectivity index (χ2n) is 11.7. The van der Waals surface area contributed by atoms with E-state index < -0.39 is 5.41 Å². The zero-order valence-electron chi connectivity index (χ0n) is 21.1. The highest BCUT2D eigenvalue weighted by Gasteiger charge is 2.58. The van der Waals surface area contributed by atoms with Crippen molar-refractivity contribution in [3.8, 4) is 11.5 Å². The molecule has 3 fully saturated rings. The first-order chi connectivity index (χ1) is 18.0. The summed E-state index contributed by atoms with van der Waals surface area (Å²) in [5, 5.41) is 25.9. The van der Waals surface area contributed by atoms with Gasteiger partial charge in [-0.3, -0.25) is 9.69 Å². The summed E-state index contributed by atoms with van der Waals surface area (Å²) in [7, 11) is 0. The first-order valence-electron chi connectivity index (χ1n) is 13.8. The van der Waals surface area contributed by atoms with Crippen LogP contribution in [0.1, 0.15) is 48.8 Å². The number of likely N-dealkylation sites (tertiary alicyclic amines) is 1. The van der Waals surface area contributed by atoms with Gasteiger partial charge in [0.25, 0.3) is 0 Å². The lowest BCUT2D eigenvalue weighted by Crippen LogP contribution is -2.68. The first-order valence-corrected chi connectivity index (χ1v) is 13.8. The van der Waals surface area contributed by atoms with Crippen molar-refractivity contribution in [2.45, 2.75) is 68.5 Å². The summed E-state index contributed by atoms with van der Waals surface area (Å²) >= 11 is 0. The molecule has 0 spiro atoms. The second kappa shape index (κ2) is 8.77. The number of carbonyl (C=O) groups excluding carboxylic acids is 1. The maximum absolute atomic E-state index is 13.0. The standard InChI is InChI=1S/C30H35N3O4/c34-25-9-7-19-13-24-29-30(27(19)28(25)36,11-12-33(24)16-18-5-6-18)14-21(17-37-29)32-26(35)10-8-20-15-31-23-4-2-1-3-22(20)23/h1-4,7,9,15,18,21,24,29,31,34,36H,5-6,8,10-14,16-17H2,(H,32,35)/t21?,24?,29?,30-/m1/s1. The number of nitrogens with one attached hydrogen (secondary N) is 2. The molecule has 194 valence electrons. The molecular formula is C30H35N3O4. The van der Waals surface area contributed by atoms with Crippen molar-refractivity contribution in [1.29, 1.82) is 0 Å². The van der Waals surface area contributed by atoms with E-state index in [1.165, 1.54) is 12.8 Å². The maximum Gasteiger partial charge on any atom is 0.220 e. The topological polar surface area (TPSA) is 97.8 Å². The minimum absolute atomic E-state index is 0.00787. The van der Waals surface area contributed by atoms with E-state index in [1.54, 1.807) is 6.07 Å². The number of phenolic OH excluding ortho intramolecular Hbond substituents is 2. The number of amides is 1. The molecule has 7 heteroatoms. The average Bonchev–Trinajstić information content (AvgIpc) is 3.63. The van der Waals surface area contributed by atoms with Crippen molar-refractivity contribution in [2.24, 2.45) is 5.92 Å². The Morgan fingerprint density at radius 3 is 2.92 bits per heavy atom. The molecular weight excluding hydrogens is 466 g/mol. The van der Waals surface area contributed by atoms with Crippen molar-refractivity contribution in [3.63, 3.8) is 0 Å². The third-order valence-electron chi connectivity index (χ3n) is 9.32. The monoisotopic (exact) mass is 501 g/mol. The van der Waals surface area contributed by atoms with Gasteiger partial charge in [-0.1, -0.05) is 24.3 Å². The van der Waals surface area contributed by atoms with E-state index in [0.717, 1.165) is 59.4 Å². The van der Waals surface area contributed by atoms with Crippen LogP contribution in [0.25, 0.3) is 10.9 Å². The van der Waals surface area contributed by atoms with Crippen LogP contribution in [0.15, 0.2) is 42.6 Å². The van der Waals surface area contributed by atoms with Crippen molar-refractivity contribution in [2.75, 3.05) is 19.7 Å². The number of ether oxygens (including phenoxy) is 1. The van der Waals surface area contributed by atoms with Crippen molar-refractivity contribution >= 4 is 16.8 Å². The molecule has 0 radical (unpaired) electrons. The van der Waals surface area contributed by atoms with Gasteiger partial charge in [-0.15, -0.1) is 0 Å². The molecule has 2 aliphatic heterocycles. The van der Waals surface area contributed by atoms with Crippen molar-refractivity contribution in [3.05, 3.63) is 59.3 Å². The molecule has 3 heterocycles. The molecule has 7 rings (SSSR count). The summed E-state index contributed by atoms with van der Waals surface area (Å²) in [6.45, 7) is 2.55. The van der Waals surface area contributed by atoms with Gasteiger partial charge in [0.1, 0.15) is 0 Å². The Morgan fingerprint density at radius 1 is 1.19 bits per heavy atom. The van der Waals surface area contributed by atoms with E-state index in [1.807, 2.05) is 30.5 Å². The van der Waals surface area contributed by atoms with Crippen LogP contribution >= 0.6 is 0 Å². The molecule has 7 nitrogen and oxygen atoms in total. The highest BCUT2D eigenvalue weighted by Crippen LogP contribution is 2.55. The van der Waals surface area contributed by atoms with Crippen LogP contribution in [0.5, 0.6) is 11.5 Å². The molecule has 1 saturated carbocycles. The number of benzene rings is 2. The Balaban J connectivity index is 1.11. The summed E-state index contributed by atoms with van der Waals surface area (Å²) in [5.41, 5.74) is 3.78. The van der Waals surface area contributed by atoms with Crippen LogP contribution in [-0.4, -0.2) is 63.9 Å². The normalized spacial score (nSPS) is 29.0. The van der Waals surface area contributed by atoms with Crippen molar-refractivity contribution < 1.29 is 19.7 Å². The van der Waals surface area contributed by atoms with E-state index in [2.05, 4.69) is 21.3 Å². The summed E-state index contributed by atoms with van der Waals surface area (Å²) in [6.07, 6.45) is 8.07. The third-order valence-corrected chi connectivity index (χ3v) is 9.32. The van der Waals surface area contributed by atoms with Gasteiger partial charge in [0.15, 0.2) is 11.5 Å². The van der Waals surface area contributed by atoms with Gasteiger partial charge in [0.05, 0.1) is 18.8 Å². The number of rotatable bonds is 6. The molecule has 3 unspecified atom stereocenters. The van der Waals surface area contributed by atoms with E-state index in [4.69, 9.17) is 4.74 Å². The van der Waals surface area contributed by atoms with E-state index in [9.17, 15) is 15.0 Å². The molecule has 1 amide bonds. The number of H-pyrrole nitrogens is 1. The quantitative estimate of drug-likeness (QED) is 0.386. The Morgan fingerprint density at radius 2 is 2.05 bits per heavy atom. The minimum atomic E-state index is -0.409. The molecule has 4 atom stereocenters. The highest BCUT2D eigenvalue weighted by molar-refractivity contribution is 5.84. The third kappa shape index (κ3) is 3.91. The zero-order chi connectivity index (χ0) is 25.1. The van der Waals surface area contributed by atoms with Crippen LogP contribution in [0.3, 0.4) is 0 Å². The number of nitrogens with zero attached hydrogens (tertiary/aromatic N) is 1. The molecule has 3 aromatic rings. The predicted octanol–water partition coefficient (Wildman–Crippen LogP) is 3.76. The number of aryl methyl sites for hydroxylation is 1. The number of fused-ring (bicyclic) bond motifs is 2. The van der Waals surface area contributed by atoms with Crippen LogP contribution in [0, 0.1) is 5.92 Å². The maximum atomic E-state index is 13.0. The molecule has 2 aromatic carbocycles. The Bertz CT molecular complexity index is 1350. The number of aromatic hydroxyl groups is 2. The summed E-state index contributed by atoms with van der Waals surface area (Å²) in [4.78, 5) is 18.9. The van der Waals surface area contributed by atoms with Crippen LogP contribution in [0.4, 0.5) is 0 Å². The molecule has 4 N–H and O–H groups in total. The zero-order valence-corrected chi connectivity index (χ0v) is 21.1. The van der Waals surface area contributed by atoms with Gasteiger partial charge >= 0.3 is 0 Å². The number of aromatic amines is 1. The van der Waals surface area contributed by atoms with Gasteiger partial charge in [0.2, 0.25) is 5.91 Å². The number of carbonyl (C=O) groups is 1. The second-order valence-corrected chi connectivity index (χ2v) is 11.7. The molecule has 2 aliphatic carbocycles. The van der Waals surface area contributed by atoms with E-state index >= 15 is 0 Å². The molecule has 2 bridgehead atoms. The number of hydrogen-bond acceptors (Lipinski definition) is 5. The lowest BCUT2D eigenvalue weighted by Gasteiger charge is -2.59. The summed E-state index contributed by atoms with van der Waals surface area (Å²) in [6, 6.07) is 11.9. The lowest BCUT2D eigenvalue weighted by molar-refractivity contribution is -0.144. The fourth-order valence-electron chi connectivity index (χ4n) is 7.43. The lowest BCUT2D eigenvalue weighted by atomic mass is 9.58. The van der Waals surface area contributed by atoms with E-state index in [-0.39, 0.29) is 35.6 Å². The Kier molecular flexibility index (Phi) is 5.48.